The van der Waals surface area contributed by atoms with Crippen LogP contribution in [0.3, 0.4) is 0 Å². The van der Waals surface area contributed by atoms with Gasteiger partial charge in [0.25, 0.3) is 0 Å². The first kappa shape index (κ1) is 15.8. The summed E-state index contributed by atoms with van der Waals surface area (Å²) in [5.41, 5.74) is 2.08. The van der Waals surface area contributed by atoms with Gasteiger partial charge in [0.1, 0.15) is 0 Å². The number of aryl methyl sites for hydroxylation is 1. The molecule has 1 rings (SSSR count). The minimum absolute atomic E-state index is 0.0552. The Kier molecular flexibility index (Phi) is 5.60. The monoisotopic (exact) mass is 284 g/mol. The maximum atomic E-state index is 11.9. The number of carboxylic acid groups (broad SMARTS) is 1. The first-order valence-electron chi connectivity index (χ1n) is 6.18. The van der Waals surface area contributed by atoms with Gasteiger partial charge in [-0.15, -0.1) is 0 Å². The average molecular weight is 284 g/mol. The molecule has 0 saturated carbocycles. The second-order valence-electron chi connectivity index (χ2n) is 4.59. The van der Waals surface area contributed by atoms with Crippen LogP contribution in [0.15, 0.2) is 4.79 Å². The van der Waals surface area contributed by atoms with Crippen molar-refractivity contribution in [3.8, 4) is 0 Å². The summed E-state index contributed by atoms with van der Waals surface area (Å²) in [6, 6.07) is 0. The van der Waals surface area contributed by atoms with Crippen LogP contribution in [-0.4, -0.2) is 32.1 Å². The van der Waals surface area contributed by atoms with Gasteiger partial charge in [0, 0.05) is 29.6 Å². The molecule has 1 aromatic heterocycles. The highest BCUT2D eigenvalue weighted by atomic mass is 32.2. The van der Waals surface area contributed by atoms with Crippen molar-refractivity contribution in [1.29, 1.82) is 0 Å². The first-order valence-corrected chi connectivity index (χ1v) is 7.47. The van der Waals surface area contributed by atoms with Crippen molar-refractivity contribution in [2.45, 2.75) is 45.4 Å². The highest BCUT2D eigenvalue weighted by Gasteiger charge is 2.14. The zero-order valence-electron chi connectivity index (χ0n) is 11.8. The van der Waals surface area contributed by atoms with Crippen molar-refractivity contribution < 1.29 is 9.90 Å². The van der Waals surface area contributed by atoms with Gasteiger partial charge in [-0.3, -0.25) is 9.36 Å². The fourth-order valence-corrected chi connectivity index (χ4v) is 2.28. The van der Waals surface area contributed by atoms with Gasteiger partial charge in [-0.1, -0.05) is 6.92 Å². The molecule has 1 heterocycles. The van der Waals surface area contributed by atoms with Gasteiger partial charge in [-0.25, -0.2) is 4.79 Å². The molecular weight excluding hydrogens is 264 g/mol. The number of thioether (sulfide) groups is 1. The molecule has 1 N–H and O–H groups in total. The maximum absolute atomic E-state index is 11.9. The molecule has 6 heteroatoms. The summed E-state index contributed by atoms with van der Waals surface area (Å²) in [6.45, 7) is 6.26. The Hall–Kier alpha value is -1.30. The summed E-state index contributed by atoms with van der Waals surface area (Å²) >= 11 is 1.68. The van der Waals surface area contributed by atoms with Crippen LogP contribution in [0.1, 0.15) is 30.3 Å². The molecule has 0 aliphatic heterocycles. The minimum atomic E-state index is -0.839. The predicted molar refractivity (Wildman–Crippen MR) is 76.9 cm³/mol. The number of carbonyl (C=O) groups is 1. The summed E-state index contributed by atoms with van der Waals surface area (Å²) < 4.78 is 1.64. The van der Waals surface area contributed by atoms with E-state index in [2.05, 4.69) is 4.98 Å². The Balaban J connectivity index is 3.14. The Labute approximate surface area is 117 Å². The maximum Gasteiger partial charge on any atom is 0.348 e. The van der Waals surface area contributed by atoms with E-state index in [0.717, 1.165) is 11.3 Å². The molecular formula is C13H20N2O3S. The lowest BCUT2D eigenvalue weighted by Gasteiger charge is -2.17. The summed E-state index contributed by atoms with van der Waals surface area (Å²) in [6.07, 6.45) is 2.46. The lowest BCUT2D eigenvalue weighted by atomic mass is 10.1. The van der Waals surface area contributed by atoms with Crippen LogP contribution >= 0.6 is 11.8 Å². The predicted octanol–water partition coefficient (Wildman–Crippen LogP) is 1.63. The summed E-state index contributed by atoms with van der Waals surface area (Å²) in [5, 5.41) is 9.08. The van der Waals surface area contributed by atoms with E-state index in [1.807, 2.05) is 20.1 Å². The first-order chi connectivity index (χ1) is 8.86. The topological polar surface area (TPSA) is 72.2 Å². The smallest absolute Gasteiger partial charge is 0.348 e. The summed E-state index contributed by atoms with van der Waals surface area (Å²) in [4.78, 5) is 26.6. The number of hydrogen-bond acceptors (Lipinski definition) is 4. The molecule has 0 saturated heterocycles. The van der Waals surface area contributed by atoms with Gasteiger partial charge in [0.05, 0.1) is 0 Å². The third kappa shape index (κ3) is 4.09. The normalized spacial score (nSPS) is 12.4. The third-order valence-electron chi connectivity index (χ3n) is 3.20. The number of carboxylic acids is 1. The number of aliphatic carboxylic acids is 1. The second-order valence-corrected chi connectivity index (χ2v) is 5.87. The summed E-state index contributed by atoms with van der Waals surface area (Å²) in [7, 11) is 0. The highest BCUT2D eigenvalue weighted by Crippen LogP contribution is 2.14. The van der Waals surface area contributed by atoms with Gasteiger partial charge < -0.3 is 5.11 Å². The molecule has 1 atom stereocenters. The van der Waals surface area contributed by atoms with Crippen LogP contribution < -0.4 is 5.69 Å². The van der Waals surface area contributed by atoms with Crippen LogP contribution in [0.4, 0.5) is 0 Å². The number of hydrogen-bond donors (Lipinski definition) is 1. The van der Waals surface area contributed by atoms with E-state index in [-0.39, 0.29) is 12.1 Å². The SMILES string of the molecule is CSC(C)Cn1c(C)c(CCC(=O)O)c(C)nc1=O. The van der Waals surface area contributed by atoms with Crippen LogP contribution in [0, 0.1) is 13.8 Å². The lowest BCUT2D eigenvalue weighted by molar-refractivity contribution is -0.136. The average Bonchev–Trinajstić information content (AvgIpc) is 2.33. The standard InChI is InChI=1S/C13H20N2O3S/c1-8(19-4)7-15-10(3)11(5-6-12(16)17)9(2)14-13(15)18/h8H,5-7H2,1-4H3,(H,16,17). The van der Waals surface area contributed by atoms with Crippen LogP contribution in [-0.2, 0) is 17.8 Å². The van der Waals surface area contributed by atoms with Gasteiger partial charge >= 0.3 is 11.7 Å². The highest BCUT2D eigenvalue weighted by molar-refractivity contribution is 7.99. The largest absolute Gasteiger partial charge is 0.481 e. The van der Waals surface area contributed by atoms with Crippen LogP contribution in [0.2, 0.25) is 0 Å². The molecule has 0 radical (unpaired) electrons. The molecule has 1 unspecified atom stereocenters. The number of rotatable bonds is 6. The molecule has 0 aromatic carbocycles. The van der Waals surface area contributed by atoms with E-state index >= 15 is 0 Å². The van der Waals surface area contributed by atoms with Gasteiger partial charge in [0.15, 0.2) is 0 Å². The molecule has 0 amide bonds. The number of aromatic nitrogens is 2. The van der Waals surface area contributed by atoms with E-state index in [4.69, 9.17) is 5.11 Å². The molecule has 106 valence electrons. The Morgan fingerprint density at radius 3 is 2.63 bits per heavy atom. The van der Waals surface area contributed by atoms with E-state index in [9.17, 15) is 9.59 Å². The Bertz CT molecular complexity index is 525. The van der Waals surface area contributed by atoms with Crippen LogP contribution in [0.25, 0.3) is 0 Å². The molecule has 0 bridgehead atoms. The molecule has 0 fully saturated rings. The zero-order valence-corrected chi connectivity index (χ0v) is 12.6. The van der Waals surface area contributed by atoms with E-state index in [1.54, 1.807) is 23.3 Å². The van der Waals surface area contributed by atoms with Crippen molar-refractivity contribution in [2.75, 3.05) is 6.26 Å². The fraction of sp³-hybridized carbons (Fsp3) is 0.615. The molecule has 5 nitrogen and oxygen atoms in total. The quantitative estimate of drug-likeness (QED) is 0.859. The van der Waals surface area contributed by atoms with E-state index < -0.39 is 5.97 Å². The van der Waals surface area contributed by atoms with Gasteiger partial charge in [-0.05, 0) is 32.1 Å². The van der Waals surface area contributed by atoms with E-state index in [1.165, 1.54) is 0 Å². The fourth-order valence-electron chi connectivity index (χ4n) is 1.98. The van der Waals surface area contributed by atoms with Crippen LogP contribution in [0.5, 0.6) is 0 Å². The van der Waals surface area contributed by atoms with Gasteiger partial charge in [-0.2, -0.15) is 16.7 Å². The Morgan fingerprint density at radius 2 is 2.11 bits per heavy atom. The van der Waals surface area contributed by atoms with Crippen molar-refractivity contribution >= 4 is 17.7 Å². The second kappa shape index (κ2) is 6.75. The molecule has 0 spiro atoms. The zero-order chi connectivity index (χ0) is 14.6. The molecule has 19 heavy (non-hydrogen) atoms. The number of nitrogens with zero attached hydrogens (tertiary/aromatic N) is 2. The summed E-state index contributed by atoms with van der Waals surface area (Å²) in [5.74, 6) is -0.839. The van der Waals surface area contributed by atoms with Crippen molar-refractivity contribution in [2.24, 2.45) is 0 Å². The Morgan fingerprint density at radius 1 is 1.47 bits per heavy atom. The van der Waals surface area contributed by atoms with Crippen molar-refractivity contribution in [3.63, 3.8) is 0 Å². The van der Waals surface area contributed by atoms with Gasteiger partial charge in [0.2, 0.25) is 0 Å². The molecule has 0 aliphatic carbocycles. The van der Waals surface area contributed by atoms with Crippen molar-refractivity contribution in [3.05, 3.63) is 27.4 Å². The molecule has 1 aromatic rings. The van der Waals surface area contributed by atoms with E-state index in [0.29, 0.717) is 23.9 Å². The minimum Gasteiger partial charge on any atom is -0.481 e. The van der Waals surface area contributed by atoms with Crippen molar-refractivity contribution in [1.82, 2.24) is 9.55 Å². The lowest BCUT2D eigenvalue weighted by Crippen LogP contribution is -2.30. The molecule has 0 aliphatic rings. The third-order valence-corrected chi connectivity index (χ3v) is 4.16.